The van der Waals surface area contributed by atoms with Gasteiger partial charge in [-0.2, -0.15) is 0 Å². The van der Waals surface area contributed by atoms with Gasteiger partial charge in [0.2, 0.25) is 0 Å². The third-order valence-corrected chi connectivity index (χ3v) is 3.83. The third kappa shape index (κ3) is 3.23. The van der Waals surface area contributed by atoms with Gasteiger partial charge in [-0.15, -0.1) is 11.3 Å². The number of nitrogens with one attached hydrogen (secondary N) is 2. The fourth-order valence-corrected chi connectivity index (χ4v) is 2.49. The molecule has 0 saturated carbocycles. The largest absolute Gasteiger partial charge is 0.321 e. The number of rotatable bonds is 4. The Morgan fingerprint density at radius 3 is 2.50 bits per heavy atom. The zero-order chi connectivity index (χ0) is 14.5. The van der Waals surface area contributed by atoms with Crippen LogP contribution in [0.25, 0.3) is 0 Å². The van der Waals surface area contributed by atoms with Crippen molar-refractivity contribution in [2.24, 2.45) is 0 Å². The van der Waals surface area contributed by atoms with Crippen LogP contribution in [0.1, 0.15) is 31.8 Å². The van der Waals surface area contributed by atoms with Crippen molar-refractivity contribution in [3.05, 3.63) is 51.7 Å². The Morgan fingerprint density at radius 1 is 1.15 bits per heavy atom. The van der Waals surface area contributed by atoms with Crippen LogP contribution in [0.5, 0.6) is 0 Å². The molecular formula is C14H14N2O3S. The van der Waals surface area contributed by atoms with E-state index in [1.54, 1.807) is 6.07 Å². The lowest BCUT2D eigenvalue weighted by Crippen LogP contribution is -2.17. The van der Waals surface area contributed by atoms with Crippen molar-refractivity contribution in [2.45, 2.75) is 13.3 Å². The number of carbonyl (C=O) groups excluding carboxylic acids is 2. The molecule has 5 nitrogen and oxygen atoms in total. The normalized spacial score (nSPS) is 10.1. The fraction of sp³-hybridized carbons (Fsp3) is 0.143. The maximum Gasteiger partial charge on any atom is 0.284 e. The molecule has 1 aromatic carbocycles. The zero-order valence-electron chi connectivity index (χ0n) is 10.8. The van der Waals surface area contributed by atoms with E-state index in [1.807, 2.05) is 31.2 Å². The predicted molar refractivity (Wildman–Crippen MR) is 77.3 cm³/mol. The highest BCUT2D eigenvalue weighted by Crippen LogP contribution is 2.19. The third-order valence-electron chi connectivity index (χ3n) is 2.75. The number of anilines is 1. The second kappa shape index (κ2) is 6.31. The summed E-state index contributed by atoms with van der Waals surface area (Å²) in [6.07, 6.45) is 0.892. The molecule has 0 unspecified atom stereocenters. The highest BCUT2D eigenvalue weighted by atomic mass is 32.1. The van der Waals surface area contributed by atoms with Gasteiger partial charge in [-0.1, -0.05) is 19.1 Å². The van der Waals surface area contributed by atoms with Gasteiger partial charge in [0.05, 0.1) is 9.75 Å². The Morgan fingerprint density at radius 2 is 1.85 bits per heavy atom. The van der Waals surface area contributed by atoms with E-state index in [-0.39, 0.29) is 10.8 Å². The second-order valence-corrected chi connectivity index (χ2v) is 5.20. The molecule has 2 amide bonds. The molecule has 2 aromatic rings. The smallest absolute Gasteiger partial charge is 0.284 e. The topological polar surface area (TPSA) is 78.4 Å². The van der Waals surface area contributed by atoms with Crippen LogP contribution in [0.15, 0.2) is 36.4 Å². The molecule has 3 N–H and O–H groups in total. The maximum atomic E-state index is 12.0. The Labute approximate surface area is 120 Å². The molecular weight excluding hydrogens is 276 g/mol. The van der Waals surface area contributed by atoms with E-state index in [0.717, 1.165) is 29.0 Å². The molecule has 1 heterocycles. The number of hydrogen-bond acceptors (Lipinski definition) is 4. The average molecular weight is 290 g/mol. The van der Waals surface area contributed by atoms with Gasteiger partial charge in [-0.3, -0.25) is 14.8 Å². The van der Waals surface area contributed by atoms with Crippen molar-refractivity contribution in [1.82, 2.24) is 5.48 Å². The Hall–Kier alpha value is -2.18. The summed E-state index contributed by atoms with van der Waals surface area (Å²) < 4.78 is 0. The SMILES string of the molecule is CCc1cccc(NC(=O)c2ccc(C(=O)NO)s2)c1. The molecule has 20 heavy (non-hydrogen) atoms. The first kappa shape index (κ1) is 14.2. The van der Waals surface area contributed by atoms with Crippen LogP contribution >= 0.6 is 11.3 Å². The molecule has 0 bridgehead atoms. The molecule has 0 aliphatic heterocycles. The van der Waals surface area contributed by atoms with Gasteiger partial charge in [0, 0.05) is 5.69 Å². The molecule has 6 heteroatoms. The van der Waals surface area contributed by atoms with Gasteiger partial charge in [0.25, 0.3) is 11.8 Å². The van der Waals surface area contributed by atoms with Crippen molar-refractivity contribution < 1.29 is 14.8 Å². The summed E-state index contributed by atoms with van der Waals surface area (Å²) in [5.41, 5.74) is 3.39. The highest BCUT2D eigenvalue weighted by Gasteiger charge is 2.13. The molecule has 0 aliphatic rings. The van der Waals surface area contributed by atoms with Crippen molar-refractivity contribution in [3.8, 4) is 0 Å². The number of thiophene rings is 1. The first-order valence-corrected chi connectivity index (χ1v) is 6.90. The summed E-state index contributed by atoms with van der Waals surface area (Å²) in [4.78, 5) is 23.9. The summed E-state index contributed by atoms with van der Waals surface area (Å²) >= 11 is 1.02. The standard InChI is InChI=1S/C14H14N2O3S/c1-2-9-4-3-5-10(8-9)15-13(17)11-6-7-12(20-11)14(18)16-19/h3-8,19H,2H2,1H3,(H,15,17)(H,16,18). The number of hydroxylamine groups is 1. The summed E-state index contributed by atoms with van der Waals surface area (Å²) in [6, 6.07) is 10.6. The van der Waals surface area contributed by atoms with Crippen LogP contribution in [-0.4, -0.2) is 17.0 Å². The first-order valence-electron chi connectivity index (χ1n) is 6.08. The van der Waals surface area contributed by atoms with Gasteiger partial charge >= 0.3 is 0 Å². The van der Waals surface area contributed by atoms with E-state index in [0.29, 0.717) is 4.88 Å². The Balaban J connectivity index is 2.11. The van der Waals surface area contributed by atoms with E-state index >= 15 is 0 Å². The van der Waals surface area contributed by atoms with Crippen molar-refractivity contribution in [3.63, 3.8) is 0 Å². The first-order chi connectivity index (χ1) is 9.63. The Bertz CT molecular complexity index is 637. The van der Waals surface area contributed by atoms with E-state index in [9.17, 15) is 9.59 Å². The minimum atomic E-state index is -0.623. The number of carbonyl (C=O) groups is 2. The zero-order valence-corrected chi connectivity index (χ0v) is 11.7. The highest BCUT2D eigenvalue weighted by molar-refractivity contribution is 7.16. The molecule has 0 aliphatic carbocycles. The van der Waals surface area contributed by atoms with Crippen LogP contribution in [0.2, 0.25) is 0 Å². The number of hydrogen-bond donors (Lipinski definition) is 3. The van der Waals surface area contributed by atoms with Crippen LogP contribution in [0.3, 0.4) is 0 Å². The van der Waals surface area contributed by atoms with Gasteiger partial charge in [0.1, 0.15) is 0 Å². The monoisotopic (exact) mass is 290 g/mol. The van der Waals surface area contributed by atoms with Gasteiger partial charge in [0.15, 0.2) is 0 Å². The maximum absolute atomic E-state index is 12.0. The summed E-state index contributed by atoms with van der Waals surface area (Å²) in [7, 11) is 0. The molecule has 0 fully saturated rings. The lowest BCUT2D eigenvalue weighted by Gasteiger charge is -2.05. The number of benzene rings is 1. The van der Waals surface area contributed by atoms with Crippen LogP contribution in [-0.2, 0) is 6.42 Å². The fourth-order valence-electron chi connectivity index (χ4n) is 1.70. The van der Waals surface area contributed by atoms with E-state index in [1.165, 1.54) is 11.5 Å². The number of amides is 2. The summed E-state index contributed by atoms with van der Waals surface area (Å²) in [5.74, 6) is -0.901. The molecule has 0 saturated heterocycles. The molecule has 2 rings (SSSR count). The average Bonchev–Trinajstić information content (AvgIpc) is 2.96. The van der Waals surface area contributed by atoms with Crippen LogP contribution < -0.4 is 10.8 Å². The van der Waals surface area contributed by atoms with E-state index in [2.05, 4.69) is 5.32 Å². The second-order valence-electron chi connectivity index (χ2n) is 4.11. The molecule has 0 radical (unpaired) electrons. The predicted octanol–water partition coefficient (Wildman–Crippen LogP) is 2.68. The number of aryl methyl sites for hydroxylation is 1. The summed E-state index contributed by atoms with van der Waals surface area (Å²) in [5, 5.41) is 11.3. The molecule has 0 spiro atoms. The van der Waals surface area contributed by atoms with Crippen molar-refractivity contribution >= 4 is 28.8 Å². The van der Waals surface area contributed by atoms with Crippen LogP contribution in [0, 0.1) is 0 Å². The molecule has 1 aromatic heterocycles. The van der Waals surface area contributed by atoms with E-state index in [4.69, 9.17) is 5.21 Å². The minimum absolute atomic E-state index is 0.278. The lowest BCUT2D eigenvalue weighted by molar-refractivity contribution is 0.0711. The molecule has 0 atom stereocenters. The van der Waals surface area contributed by atoms with Gasteiger partial charge < -0.3 is 5.32 Å². The molecule has 104 valence electrons. The Kier molecular flexibility index (Phi) is 4.49. The minimum Gasteiger partial charge on any atom is -0.321 e. The van der Waals surface area contributed by atoms with E-state index < -0.39 is 5.91 Å². The van der Waals surface area contributed by atoms with Gasteiger partial charge in [-0.25, -0.2) is 5.48 Å². The van der Waals surface area contributed by atoms with Crippen LogP contribution in [0.4, 0.5) is 5.69 Å². The quantitative estimate of drug-likeness (QED) is 0.598. The van der Waals surface area contributed by atoms with Crippen molar-refractivity contribution in [1.29, 1.82) is 0 Å². The van der Waals surface area contributed by atoms with Gasteiger partial charge in [-0.05, 0) is 36.2 Å². The lowest BCUT2D eigenvalue weighted by atomic mass is 10.1. The van der Waals surface area contributed by atoms with Crippen molar-refractivity contribution in [2.75, 3.05) is 5.32 Å². The summed E-state index contributed by atoms with van der Waals surface area (Å²) in [6.45, 7) is 2.04.